The molecule has 0 unspecified atom stereocenters. The second kappa shape index (κ2) is 4.21. The Morgan fingerprint density at radius 2 is 2.19 bits per heavy atom. The van der Waals surface area contributed by atoms with Crippen LogP contribution in [0.1, 0.15) is 46.5 Å². The number of carbonyl (C=O) groups excluding carboxylic acids is 1. The Labute approximate surface area is 100 Å². The Morgan fingerprint density at radius 3 is 3.00 bits per heavy atom. The van der Waals surface area contributed by atoms with Crippen LogP contribution in [0, 0.1) is 5.92 Å². The fraction of sp³-hybridized carbons (Fsp3) is 0.615. The number of hydrogen-bond donors (Lipinski definition) is 1. The van der Waals surface area contributed by atoms with Crippen molar-refractivity contribution in [2.24, 2.45) is 5.92 Å². The third-order valence-corrected chi connectivity index (χ3v) is 4.64. The molecule has 3 heteroatoms. The lowest BCUT2D eigenvalue weighted by molar-refractivity contribution is 0.0951. The predicted octanol–water partition coefficient (Wildman–Crippen LogP) is 2.77. The minimum atomic E-state index is 0.159. The van der Waals surface area contributed by atoms with Crippen molar-refractivity contribution < 1.29 is 4.79 Å². The largest absolute Gasteiger partial charge is 0.352 e. The second-order valence-corrected chi connectivity index (χ2v) is 5.88. The molecule has 16 heavy (non-hydrogen) atoms. The summed E-state index contributed by atoms with van der Waals surface area (Å²) in [5.41, 5.74) is 2.30. The average molecular weight is 235 g/mol. The maximum absolute atomic E-state index is 12.0. The Bertz CT molecular complexity index is 406. The van der Waals surface area contributed by atoms with Gasteiger partial charge in [-0.05, 0) is 50.0 Å². The van der Waals surface area contributed by atoms with Gasteiger partial charge in [-0.3, -0.25) is 4.79 Å². The first kappa shape index (κ1) is 10.3. The molecule has 1 fully saturated rings. The van der Waals surface area contributed by atoms with Gasteiger partial charge in [0.1, 0.15) is 0 Å². The SMILES string of the molecule is O=C(NCC1CC1)c1csc2c1CCCC2. The third-order valence-electron chi connectivity index (χ3n) is 3.55. The van der Waals surface area contributed by atoms with Crippen LogP contribution in [0.3, 0.4) is 0 Å². The van der Waals surface area contributed by atoms with E-state index in [1.807, 2.05) is 0 Å². The van der Waals surface area contributed by atoms with Gasteiger partial charge in [-0.15, -0.1) is 11.3 Å². The van der Waals surface area contributed by atoms with Crippen LogP contribution in [0.25, 0.3) is 0 Å². The topological polar surface area (TPSA) is 29.1 Å². The third kappa shape index (κ3) is 2.01. The number of rotatable bonds is 3. The second-order valence-electron chi connectivity index (χ2n) is 4.91. The molecule has 2 nitrogen and oxygen atoms in total. The maximum Gasteiger partial charge on any atom is 0.252 e. The van der Waals surface area contributed by atoms with Crippen LogP contribution in [-0.2, 0) is 12.8 Å². The zero-order valence-corrected chi connectivity index (χ0v) is 10.2. The minimum Gasteiger partial charge on any atom is -0.352 e. The minimum absolute atomic E-state index is 0.159. The highest BCUT2D eigenvalue weighted by Gasteiger charge is 2.24. The lowest BCUT2D eigenvalue weighted by Gasteiger charge is -2.12. The van der Waals surface area contributed by atoms with Gasteiger partial charge in [0, 0.05) is 16.8 Å². The number of aryl methyl sites for hydroxylation is 1. The molecular formula is C13H17NOS. The van der Waals surface area contributed by atoms with Gasteiger partial charge in [-0.1, -0.05) is 0 Å². The van der Waals surface area contributed by atoms with E-state index in [1.165, 1.54) is 42.5 Å². The van der Waals surface area contributed by atoms with Crippen LogP contribution >= 0.6 is 11.3 Å². The molecule has 1 saturated carbocycles. The van der Waals surface area contributed by atoms with E-state index >= 15 is 0 Å². The van der Waals surface area contributed by atoms with Crippen molar-refractivity contribution in [3.8, 4) is 0 Å². The summed E-state index contributed by atoms with van der Waals surface area (Å²) in [6, 6.07) is 0. The average Bonchev–Trinajstić information content (AvgIpc) is 3.04. The highest BCUT2D eigenvalue weighted by molar-refractivity contribution is 7.10. The fourth-order valence-electron chi connectivity index (χ4n) is 2.34. The van der Waals surface area contributed by atoms with Gasteiger partial charge < -0.3 is 5.32 Å². The molecule has 0 spiro atoms. The van der Waals surface area contributed by atoms with Gasteiger partial charge in [0.15, 0.2) is 0 Å². The summed E-state index contributed by atoms with van der Waals surface area (Å²) in [7, 11) is 0. The van der Waals surface area contributed by atoms with Crippen LogP contribution < -0.4 is 5.32 Å². The van der Waals surface area contributed by atoms with E-state index in [4.69, 9.17) is 0 Å². The first-order valence-electron chi connectivity index (χ1n) is 6.22. The molecule has 0 aliphatic heterocycles. The lowest BCUT2D eigenvalue weighted by atomic mass is 9.95. The molecule has 1 aromatic heterocycles. The molecule has 1 amide bonds. The summed E-state index contributed by atoms with van der Waals surface area (Å²) in [4.78, 5) is 13.5. The summed E-state index contributed by atoms with van der Waals surface area (Å²) in [6.07, 6.45) is 7.40. The zero-order valence-electron chi connectivity index (χ0n) is 9.42. The summed E-state index contributed by atoms with van der Waals surface area (Å²) in [5, 5.41) is 5.12. The number of nitrogens with one attached hydrogen (secondary N) is 1. The van der Waals surface area contributed by atoms with Gasteiger partial charge in [0.05, 0.1) is 5.56 Å². The predicted molar refractivity (Wildman–Crippen MR) is 66.0 cm³/mol. The molecule has 0 aromatic carbocycles. The Hall–Kier alpha value is -0.830. The van der Waals surface area contributed by atoms with Crippen LogP contribution in [0.2, 0.25) is 0 Å². The smallest absolute Gasteiger partial charge is 0.252 e. The van der Waals surface area contributed by atoms with Crippen molar-refractivity contribution in [1.82, 2.24) is 5.32 Å². The molecule has 2 aliphatic carbocycles. The number of hydrogen-bond acceptors (Lipinski definition) is 2. The van der Waals surface area contributed by atoms with E-state index in [9.17, 15) is 4.79 Å². The van der Waals surface area contributed by atoms with E-state index in [2.05, 4.69) is 10.7 Å². The molecule has 0 atom stereocenters. The van der Waals surface area contributed by atoms with E-state index in [0.29, 0.717) is 0 Å². The molecule has 0 bridgehead atoms. The van der Waals surface area contributed by atoms with Crippen molar-refractivity contribution in [1.29, 1.82) is 0 Å². The first-order chi connectivity index (χ1) is 7.84. The number of thiophene rings is 1. The summed E-state index contributed by atoms with van der Waals surface area (Å²) in [6.45, 7) is 0.878. The molecule has 1 heterocycles. The molecule has 1 N–H and O–H groups in total. The van der Waals surface area contributed by atoms with Crippen LogP contribution in [-0.4, -0.2) is 12.5 Å². The van der Waals surface area contributed by atoms with E-state index in [0.717, 1.165) is 24.4 Å². The Morgan fingerprint density at radius 1 is 1.38 bits per heavy atom. The lowest BCUT2D eigenvalue weighted by Crippen LogP contribution is -2.26. The van der Waals surface area contributed by atoms with Gasteiger partial charge in [0.25, 0.3) is 5.91 Å². The molecule has 0 radical (unpaired) electrons. The number of amides is 1. The molecule has 0 saturated heterocycles. The Kier molecular flexibility index (Phi) is 2.72. The van der Waals surface area contributed by atoms with Crippen LogP contribution in [0.5, 0.6) is 0 Å². The van der Waals surface area contributed by atoms with E-state index in [-0.39, 0.29) is 5.91 Å². The van der Waals surface area contributed by atoms with E-state index < -0.39 is 0 Å². The summed E-state index contributed by atoms with van der Waals surface area (Å²) in [5.74, 6) is 0.921. The Balaban J connectivity index is 1.71. The van der Waals surface area contributed by atoms with Crippen molar-refractivity contribution >= 4 is 17.2 Å². The zero-order chi connectivity index (χ0) is 11.0. The van der Waals surface area contributed by atoms with Gasteiger partial charge in [0.2, 0.25) is 0 Å². The van der Waals surface area contributed by atoms with E-state index in [1.54, 1.807) is 11.3 Å². The highest BCUT2D eigenvalue weighted by atomic mass is 32.1. The van der Waals surface area contributed by atoms with Gasteiger partial charge in [-0.25, -0.2) is 0 Å². The van der Waals surface area contributed by atoms with Crippen molar-refractivity contribution in [2.75, 3.05) is 6.54 Å². The molecule has 86 valence electrons. The van der Waals surface area contributed by atoms with Crippen molar-refractivity contribution in [2.45, 2.75) is 38.5 Å². The number of fused-ring (bicyclic) bond motifs is 1. The molecular weight excluding hydrogens is 218 g/mol. The summed E-state index contributed by atoms with van der Waals surface area (Å²) < 4.78 is 0. The monoisotopic (exact) mass is 235 g/mol. The van der Waals surface area contributed by atoms with Crippen molar-refractivity contribution in [3.63, 3.8) is 0 Å². The van der Waals surface area contributed by atoms with Crippen LogP contribution in [0.15, 0.2) is 5.38 Å². The van der Waals surface area contributed by atoms with Crippen LogP contribution in [0.4, 0.5) is 0 Å². The standard InChI is InChI=1S/C13H17NOS/c15-13(14-7-9-5-6-9)11-8-16-12-4-2-1-3-10(11)12/h8-9H,1-7H2,(H,14,15). The quantitative estimate of drug-likeness (QED) is 0.857. The van der Waals surface area contributed by atoms with Crippen molar-refractivity contribution in [3.05, 3.63) is 21.4 Å². The molecule has 1 aromatic rings. The van der Waals surface area contributed by atoms with Gasteiger partial charge >= 0.3 is 0 Å². The highest BCUT2D eigenvalue weighted by Crippen LogP contribution is 2.31. The summed E-state index contributed by atoms with van der Waals surface area (Å²) >= 11 is 1.77. The number of carbonyl (C=O) groups is 1. The van der Waals surface area contributed by atoms with Gasteiger partial charge in [-0.2, -0.15) is 0 Å². The molecule has 3 rings (SSSR count). The normalized spacial score (nSPS) is 19.2. The molecule has 2 aliphatic rings. The maximum atomic E-state index is 12.0. The first-order valence-corrected chi connectivity index (χ1v) is 7.10. The fourth-order valence-corrected chi connectivity index (χ4v) is 3.46.